The summed E-state index contributed by atoms with van der Waals surface area (Å²) in [6.45, 7) is 4.47. The first-order chi connectivity index (χ1) is 7.61. The molecule has 3 N–H and O–H groups in total. The first kappa shape index (κ1) is 12.2. The van der Waals surface area contributed by atoms with Gasteiger partial charge >= 0.3 is 0 Å². The van der Waals surface area contributed by atoms with Gasteiger partial charge in [-0.3, -0.25) is 14.7 Å². The second kappa shape index (κ2) is 5.89. The van der Waals surface area contributed by atoms with Crippen molar-refractivity contribution in [2.75, 3.05) is 13.1 Å². The van der Waals surface area contributed by atoms with Crippen LogP contribution in [-0.4, -0.2) is 35.1 Å². The Morgan fingerprint density at radius 1 is 1.38 bits per heavy atom. The molecule has 1 aromatic rings. The van der Waals surface area contributed by atoms with Crippen LogP contribution >= 0.6 is 0 Å². The lowest BCUT2D eigenvalue weighted by atomic mass is 10.2. The van der Waals surface area contributed by atoms with Crippen LogP contribution in [0.4, 0.5) is 0 Å². The summed E-state index contributed by atoms with van der Waals surface area (Å²) in [6, 6.07) is 0. The second-order valence-electron chi connectivity index (χ2n) is 3.69. The van der Waals surface area contributed by atoms with Crippen LogP contribution in [0.3, 0.4) is 0 Å². The number of carbonyl (C=O) groups is 2. The lowest BCUT2D eigenvalue weighted by Gasteiger charge is -2.07. The topological polar surface area (TPSA) is 86.9 Å². The van der Waals surface area contributed by atoms with Gasteiger partial charge in [0, 0.05) is 25.2 Å². The van der Waals surface area contributed by atoms with E-state index < -0.39 is 0 Å². The number of aromatic amines is 1. The van der Waals surface area contributed by atoms with E-state index in [0.29, 0.717) is 18.7 Å². The third kappa shape index (κ3) is 3.72. The van der Waals surface area contributed by atoms with Gasteiger partial charge in [0.05, 0.1) is 11.8 Å². The molecule has 0 atom stereocenters. The van der Waals surface area contributed by atoms with E-state index in [9.17, 15) is 9.59 Å². The molecule has 0 aliphatic carbocycles. The Hall–Kier alpha value is -1.85. The van der Waals surface area contributed by atoms with E-state index in [1.807, 2.05) is 13.8 Å². The summed E-state index contributed by atoms with van der Waals surface area (Å²) < 4.78 is 0. The summed E-state index contributed by atoms with van der Waals surface area (Å²) >= 11 is 0. The van der Waals surface area contributed by atoms with Crippen LogP contribution < -0.4 is 10.6 Å². The summed E-state index contributed by atoms with van der Waals surface area (Å²) in [5.41, 5.74) is 0.482. The van der Waals surface area contributed by atoms with Gasteiger partial charge in [-0.2, -0.15) is 5.10 Å². The average molecular weight is 224 g/mol. The van der Waals surface area contributed by atoms with Crippen LogP contribution in [0.2, 0.25) is 0 Å². The fourth-order valence-electron chi connectivity index (χ4n) is 1.04. The van der Waals surface area contributed by atoms with Gasteiger partial charge in [-0.05, 0) is 0 Å². The smallest absolute Gasteiger partial charge is 0.254 e. The predicted octanol–water partition coefficient (Wildman–Crippen LogP) is -0.0883. The third-order valence-corrected chi connectivity index (χ3v) is 1.99. The Morgan fingerprint density at radius 2 is 2.06 bits per heavy atom. The highest BCUT2D eigenvalue weighted by Gasteiger charge is 2.07. The van der Waals surface area contributed by atoms with Crippen molar-refractivity contribution in [3.8, 4) is 0 Å². The van der Waals surface area contributed by atoms with Crippen molar-refractivity contribution in [1.29, 1.82) is 0 Å². The Bertz CT molecular complexity index is 346. The second-order valence-corrected chi connectivity index (χ2v) is 3.69. The molecule has 16 heavy (non-hydrogen) atoms. The lowest BCUT2D eigenvalue weighted by molar-refractivity contribution is -0.123. The molecule has 0 fully saturated rings. The minimum atomic E-state index is -0.201. The molecule has 0 aliphatic rings. The zero-order valence-corrected chi connectivity index (χ0v) is 9.41. The van der Waals surface area contributed by atoms with Crippen molar-refractivity contribution in [3.63, 3.8) is 0 Å². The zero-order valence-electron chi connectivity index (χ0n) is 9.41. The largest absolute Gasteiger partial charge is 0.354 e. The molecule has 0 saturated heterocycles. The molecule has 6 heteroatoms. The number of rotatable bonds is 5. The number of hydrogen-bond donors (Lipinski definition) is 3. The van der Waals surface area contributed by atoms with Gasteiger partial charge < -0.3 is 10.6 Å². The van der Waals surface area contributed by atoms with Gasteiger partial charge in [0.15, 0.2) is 0 Å². The molecule has 0 aromatic carbocycles. The Kier molecular flexibility index (Phi) is 4.50. The Labute approximate surface area is 93.8 Å². The van der Waals surface area contributed by atoms with Crippen molar-refractivity contribution in [1.82, 2.24) is 20.8 Å². The summed E-state index contributed by atoms with van der Waals surface area (Å²) in [6.07, 6.45) is 2.96. The summed E-state index contributed by atoms with van der Waals surface area (Å²) in [5, 5.41) is 11.6. The molecule has 1 heterocycles. The van der Waals surface area contributed by atoms with Crippen LogP contribution in [0.25, 0.3) is 0 Å². The SMILES string of the molecule is CC(C)C(=O)NCCNC(=O)c1cn[nH]c1. The molecular weight excluding hydrogens is 208 g/mol. The van der Waals surface area contributed by atoms with Crippen molar-refractivity contribution in [3.05, 3.63) is 18.0 Å². The summed E-state index contributed by atoms with van der Waals surface area (Å²) in [4.78, 5) is 22.6. The normalized spacial score (nSPS) is 10.2. The van der Waals surface area contributed by atoms with Crippen LogP contribution in [0, 0.1) is 5.92 Å². The molecule has 1 rings (SSSR count). The molecular formula is C10H16N4O2. The van der Waals surface area contributed by atoms with Crippen LogP contribution in [0.1, 0.15) is 24.2 Å². The Morgan fingerprint density at radius 3 is 2.62 bits per heavy atom. The number of nitrogens with one attached hydrogen (secondary N) is 3. The molecule has 0 bridgehead atoms. The molecule has 88 valence electrons. The summed E-state index contributed by atoms with van der Waals surface area (Å²) in [7, 11) is 0. The number of H-pyrrole nitrogens is 1. The van der Waals surface area contributed by atoms with Gasteiger partial charge in [0.1, 0.15) is 0 Å². The average Bonchev–Trinajstić information content (AvgIpc) is 2.76. The molecule has 0 radical (unpaired) electrons. The van der Waals surface area contributed by atoms with Crippen LogP contribution in [0.5, 0.6) is 0 Å². The molecule has 0 saturated carbocycles. The molecule has 0 spiro atoms. The maximum Gasteiger partial charge on any atom is 0.254 e. The molecule has 1 aromatic heterocycles. The van der Waals surface area contributed by atoms with Crippen molar-refractivity contribution < 1.29 is 9.59 Å². The van der Waals surface area contributed by atoms with E-state index in [2.05, 4.69) is 20.8 Å². The van der Waals surface area contributed by atoms with Gasteiger partial charge in [-0.25, -0.2) is 0 Å². The van der Waals surface area contributed by atoms with Crippen LogP contribution in [-0.2, 0) is 4.79 Å². The number of hydrogen-bond acceptors (Lipinski definition) is 3. The van der Waals surface area contributed by atoms with Gasteiger partial charge in [-0.15, -0.1) is 0 Å². The van der Waals surface area contributed by atoms with E-state index in [1.165, 1.54) is 12.4 Å². The quantitative estimate of drug-likeness (QED) is 0.611. The standard InChI is InChI=1S/C10H16N4O2/c1-7(2)9(15)11-3-4-12-10(16)8-5-13-14-6-8/h5-7H,3-4H2,1-2H3,(H,11,15)(H,12,16)(H,13,14). The monoisotopic (exact) mass is 224 g/mol. The fourth-order valence-corrected chi connectivity index (χ4v) is 1.04. The first-order valence-electron chi connectivity index (χ1n) is 5.16. The minimum absolute atomic E-state index is 0.0161. The molecule has 0 unspecified atom stereocenters. The van der Waals surface area contributed by atoms with Gasteiger partial charge in [-0.1, -0.05) is 13.8 Å². The number of carbonyl (C=O) groups excluding carboxylic acids is 2. The van der Waals surface area contributed by atoms with Crippen molar-refractivity contribution in [2.45, 2.75) is 13.8 Å². The minimum Gasteiger partial charge on any atom is -0.354 e. The fraction of sp³-hybridized carbons (Fsp3) is 0.500. The van der Waals surface area contributed by atoms with Crippen molar-refractivity contribution >= 4 is 11.8 Å². The number of amides is 2. The van der Waals surface area contributed by atoms with E-state index in [-0.39, 0.29) is 17.7 Å². The first-order valence-corrected chi connectivity index (χ1v) is 5.16. The van der Waals surface area contributed by atoms with E-state index in [4.69, 9.17) is 0 Å². The highest BCUT2D eigenvalue weighted by atomic mass is 16.2. The lowest BCUT2D eigenvalue weighted by Crippen LogP contribution is -2.36. The van der Waals surface area contributed by atoms with Gasteiger partial charge in [0.25, 0.3) is 5.91 Å². The Balaban J connectivity index is 2.17. The van der Waals surface area contributed by atoms with Gasteiger partial charge in [0.2, 0.25) is 5.91 Å². The van der Waals surface area contributed by atoms with E-state index in [0.717, 1.165) is 0 Å². The van der Waals surface area contributed by atoms with E-state index >= 15 is 0 Å². The summed E-state index contributed by atoms with van der Waals surface area (Å²) in [5.74, 6) is -0.255. The highest BCUT2D eigenvalue weighted by Crippen LogP contribution is 1.92. The molecule has 0 aliphatic heterocycles. The van der Waals surface area contributed by atoms with Crippen molar-refractivity contribution in [2.24, 2.45) is 5.92 Å². The number of aromatic nitrogens is 2. The zero-order chi connectivity index (χ0) is 12.0. The van der Waals surface area contributed by atoms with E-state index in [1.54, 1.807) is 0 Å². The number of nitrogens with zero attached hydrogens (tertiary/aromatic N) is 1. The maximum atomic E-state index is 11.4. The maximum absolute atomic E-state index is 11.4. The molecule has 6 nitrogen and oxygen atoms in total. The highest BCUT2D eigenvalue weighted by molar-refractivity contribution is 5.93. The third-order valence-electron chi connectivity index (χ3n) is 1.99. The molecule has 2 amide bonds. The predicted molar refractivity (Wildman–Crippen MR) is 58.8 cm³/mol. The van der Waals surface area contributed by atoms with Crippen LogP contribution in [0.15, 0.2) is 12.4 Å².